The Kier molecular flexibility index (Phi) is 9.50. The summed E-state index contributed by atoms with van der Waals surface area (Å²) >= 11 is 0. The quantitative estimate of drug-likeness (QED) is 0.426. The Morgan fingerprint density at radius 1 is 1.22 bits per heavy atom. The van der Waals surface area contributed by atoms with Crippen molar-refractivity contribution in [2.45, 2.75) is 19.6 Å². The molecule has 1 unspecified atom stereocenters. The lowest BCUT2D eigenvalue weighted by Gasteiger charge is -2.21. The minimum absolute atomic E-state index is 0. The van der Waals surface area contributed by atoms with Crippen LogP contribution >= 0.6 is 24.0 Å². The molecule has 1 aliphatic heterocycles. The highest BCUT2D eigenvalue weighted by Gasteiger charge is 2.24. The number of likely N-dealkylation sites (tertiary alicyclic amines) is 1. The topological polar surface area (TPSA) is 46.1 Å². The molecule has 0 radical (unpaired) electrons. The van der Waals surface area contributed by atoms with Crippen LogP contribution in [-0.4, -0.2) is 51.8 Å². The summed E-state index contributed by atoms with van der Waals surface area (Å²) in [6, 6.07) is 8.47. The number of hydrogen-bond donors (Lipinski definition) is 1. The van der Waals surface area contributed by atoms with E-state index in [0.29, 0.717) is 12.5 Å². The Morgan fingerprint density at radius 2 is 1.91 bits per heavy atom. The molecule has 6 heteroatoms. The van der Waals surface area contributed by atoms with Gasteiger partial charge < -0.3 is 19.7 Å². The second-order valence-electron chi connectivity index (χ2n) is 5.71. The van der Waals surface area contributed by atoms with Crippen LogP contribution in [0.25, 0.3) is 0 Å². The van der Waals surface area contributed by atoms with Gasteiger partial charge in [0.2, 0.25) is 0 Å². The highest BCUT2D eigenvalue weighted by Crippen LogP contribution is 2.16. The third kappa shape index (κ3) is 6.27. The zero-order valence-electron chi connectivity index (χ0n) is 14.2. The van der Waals surface area contributed by atoms with Gasteiger partial charge in [-0.2, -0.15) is 0 Å². The van der Waals surface area contributed by atoms with Gasteiger partial charge in [-0.1, -0.05) is 24.3 Å². The van der Waals surface area contributed by atoms with E-state index < -0.39 is 0 Å². The lowest BCUT2D eigenvalue weighted by Crippen LogP contribution is -2.39. The molecular formula is C17H28IN3O2. The lowest BCUT2D eigenvalue weighted by atomic mass is 10.1. The molecule has 1 fully saturated rings. The van der Waals surface area contributed by atoms with Crippen LogP contribution in [0.2, 0.25) is 0 Å². The molecule has 1 saturated heterocycles. The minimum Gasteiger partial charge on any atom is -0.384 e. The first kappa shape index (κ1) is 20.2. The SMILES string of the molecule is CN=C(NCc1ccc(COC)cc1)N1CCC(COC)C1.I. The fourth-order valence-electron chi connectivity index (χ4n) is 2.83. The van der Waals surface area contributed by atoms with Gasteiger partial charge in [0, 0.05) is 46.8 Å². The molecule has 0 saturated carbocycles. The van der Waals surface area contributed by atoms with E-state index in [1.54, 1.807) is 14.2 Å². The number of benzene rings is 1. The molecule has 1 N–H and O–H groups in total. The van der Waals surface area contributed by atoms with Crippen molar-refractivity contribution in [3.05, 3.63) is 35.4 Å². The molecule has 5 nitrogen and oxygen atoms in total. The first-order valence-corrected chi connectivity index (χ1v) is 7.78. The number of guanidine groups is 1. The second-order valence-corrected chi connectivity index (χ2v) is 5.71. The van der Waals surface area contributed by atoms with Crippen LogP contribution in [0, 0.1) is 5.92 Å². The maximum Gasteiger partial charge on any atom is 0.193 e. The molecule has 1 heterocycles. The average molecular weight is 433 g/mol. The number of aliphatic imine (C=N–C) groups is 1. The normalized spacial score (nSPS) is 18.0. The predicted molar refractivity (Wildman–Crippen MR) is 104 cm³/mol. The molecule has 0 spiro atoms. The van der Waals surface area contributed by atoms with Crippen LogP contribution in [0.15, 0.2) is 29.3 Å². The molecule has 0 bridgehead atoms. The predicted octanol–water partition coefficient (Wildman–Crippen LogP) is 2.49. The van der Waals surface area contributed by atoms with Crippen molar-refractivity contribution < 1.29 is 9.47 Å². The zero-order chi connectivity index (χ0) is 15.8. The molecule has 1 atom stereocenters. The Hall–Kier alpha value is -0.860. The highest BCUT2D eigenvalue weighted by molar-refractivity contribution is 14.0. The van der Waals surface area contributed by atoms with Gasteiger partial charge in [-0.15, -0.1) is 24.0 Å². The average Bonchev–Trinajstić information content (AvgIpc) is 2.99. The summed E-state index contributed by atoms with van der Waals surface area (Å²) in [5, 5.41) is 3.45. The van der Waals surface area contributed by atoms with Crippen molar-refractivity contribution in [3.63, 3.8) is 0 Å². The first-order valence-electron chi connectivity index (χ1n) is 7.78. The summed E-state index contributed by atoms with van der Waals surface area (Å²) in [5.74, 6) is 1.58. The van der Waals surface area contributed by atoms with Gasteiger partial charge in [-0.3, -0.25) is 4.99 Å². The summed E-state index contributed by atoms with van der Waals surface area (Å²) in [5.41, 5.74) is 2.44. The van der Waals surface area contributed by atoms with Crippen molar-refractivity contribution in [3.8, 4) is 0 Å². The summed E-state index contributed by atoms with van der Waals surface area (Å²) in [7, 11) is 5.32. The smallest absolute Gasteiger partial charge is 0.193 e. The molecule has 130 valence electrons. The van der Waals surface area contributed by atoms with E-state index in [1.165, 1.54) is 17.5 Å². The third-order valence-corrected chi connectivity index (χ3v) is 3.98. The largest absolute Gasteiger partial charge is 0.384 e. The maximum absolute atomic E-state index is 5.25. The van der Waals surface area contributed by atoms with Gasteiger partial charge in [0.15, 0.2) is 5.96 Å². The number of nitrogens with one attached hydrogen (secondary N) is 1. The Morgan fingerprint density at radius 3 is 2.52 bits per heavy atom. The van der Waals surface area contributed by atoms with Crippen LogP contribution < -0.4 is 5.32 Å². The first-order chi connectivity index (χ1) is 10.8. The molecule has 1 aromatic rings. The molecule has 1 aliphatic rings. The van der Waals surface area contributed by atoms with Crippen LogP contribution in [0.5, 0.6) is 0 Å². The van der Waals surface area contributed by atoms with E-state index in [-0.39, 0.29) is 24.0 Å². The number of methoxy groups -OCH3 is 2. The number of hydrogen-bond acceptors (Lipinski definition) is 3. The van der Waals surface area contributed by atoms with Gasteiger partial charge in [-0.25, -0.2) is 0 Å². The van der Waals surface area contributed by atoms with Crippen LogP contribution in [-0.2, 0) is 22.6 Å². The summed E-state index contributed by atoms with van der Waals surface area (Å²) in [4.78, 5) is 6.71. The second kappa shape index (κ2) is 10.8. The Bertz CT molecular complexity index is 479. The van der Waals surface area contributed by atoms with Crippen LogP contribution in [0.4, 0.5) is 0 Å². The molecule has 0 aliphatic carbocycles. The van der Waals surface area contributed by atoms with E-state index in [2.05, 4.69) is 39.5 Å². The van der Waals surface area contributed by atoms with Gasteiger partial charge >= 0.3 is 0 Å². The number of ether oxygens (including phenoxy) is 2. The van der Waals surface area contributed by atoms with Gasteiger partial charge in [0.25, 0.3) is 0 Å². The van der Waals surface area contributed by atoms with E-state index in [9.17, 15) is 0 Å². The molecule has 1 aromatic carbocycles. The molecular weight excluding hydrogens is 405 g/mol. The van der Waals surface area contributed by atoms with Gasteiger partial charge in [0.1, 0.15) is 0 Å². The zero-order valence-corrected chi connectivity index (χ0v) is 16.6. The third-order valence-electron chi connectivity index (χ3n) is 3.98. The number of halogens is 1. The Balaban J connectivity index is 0.00000264. The van der Waals surface area contributed by atoms with Crippen molar-refractivity contribution in [2.75, 3.05) is 41.0 Å². The van der Waals surface area contributed by atoms with Crippen molar-refractivity contribution >= 4 is 29.9 Å². The minimum atomic E-state index is 0. The standard InChI is InChI=1S/C17H27N3O2.HI/c1-18-17(20-9-8-16(11-20)13-22-3)19-10-14-4-6-15(7-5-14)12-21-2;/h4-7,16H,8-13H2,1-3H3,(H,18,19);1H. The molecule has 2 rings (SSSR count). The molecule has 0 amide bonds. The fraction of sp³-hybridized carbons (Fsp3) is 0.588. The summed E-state index contributed by atoms with van der Waals surface area (Å²) in [6.07, 6.45) is 1.17. The van der Waals surface area contributed by atoms with Crippen molar-refractivity contribution in [1.82, 2.24) is 10.2 Å². The van der Waals surface area contributed by atoms with E-state index >= 15 is 0 Å². The summed E-state index contributed by atoms with van der Waals surface area (Å²) < 4.78 is 10.4. The Labute approximate surface area is 156 Å². The van der Waals surface area contributed by atoms with Crippen molar-refractivity contribution in [2.24, 2.45) is 10.9 Å². The van der Waals surface area contributed by atoms with Crippen LogP contribution in [0.1, 0.15) is 17.5 Å². The van der Waals surface area contributed by atoms with E-state index in [1.807, 2.05) is 7.05 Å². The van der Waals surface area contributed by atoms with E-state index in [4.69, 9.17) is 9.47 Å². The van der Waals surface area contributed by atoms with Crippen molar-refractivity contribution in [1.29, 1.82) is 0 Å². The highest BCUT2D eigenvalue weighted by atomic mass is 127. The monoisotopic (exact) mass is 433 g/mol. The van der Waals surface area contributed by atoms with Gasteiger partial charge in [0.05, 0.1) is 13.2 Å². The lowest BCUT2D eigenvalue weighted by molar-refractivity contribution is 0.157. The summed E-state index contributed by atoms with van der Waals surface area (Å²) in [6.45, 7) is 4.32. The van der Waals surface area contributed by atoms with Crippen LogP contribution in [0.3, 0.4) is 0 Å². The van der Waals surface area contributed by atoms with Gasteiger partial charge in [-0.05, 0) is 17.5 Å². The number of rotatable bonds is 6. The fourth-order valence-corrected chi connectivity index (χ4v) is 2.83. The molecule has 23 heavy (non-hydrogen) atoms. The maximum atomic E-state index is 5.25. The van der Waals surface area contributed by atoms with E-state index in [0.717, 1.165) is 32.2 Å². The number of nitrogens with zero attached hydrogens (tertiary/aromatic N) is 2. The molecule has 0 aromatic heterocycles.